The second kappa shape index (κ2) is 5.96. The smallest absolute Gasteiger partial charge is 0.254 e. The monoisotopic (exact) mass is 272 g/mol. The Labute approximate surface area is 121 Å². The number of rotatable bonds is 3. The van der Waals surface area contributed by atoms with Gasteiger partial charge in [0, 0.05) is 18.2 Å². The number of hydrogen-bond acceptors (Lipinski definition) is 2. The van der Waals surface area contributed by atoms with Crippen LogP contribution in [0.1, 0.15) is 48.0 Å². The normalized spacial score (nSPS) is 25.6. The predicted octanol–water partition coefficient (Wildman–Crippen LogP) is 2.59. The zero-order chi connectivity index (χ0) is 13.9. The van der Waals surface area contributed by atoms with E-state index in [4.69, 9.17) is 5.73 Å². The van der Waals surface area contributed by atoms with Crippen LogP contribution in [-0.4, -0.2) is 29.9 Å². The van der Waals surface area contributed by atoms with E-state index in [1.807, 2.05) is 24.3 Å². The minimum absolute atomic E-state index is 0.221. The van der Waals surface area contributed by atoms with Gasteiger partial charge in [-0.1, -0.05) is 25.0 Å². The number of hydrogen-bond donors (Lipinski definition) is 1. The molecule has 0 bridgehead atoms. The summed E-state index contributed by atoms with van der Waals surface area (Å²) in [5.74, 6) is 0.975. The lowest BCUT2D eigenvalue weighted by molar-refractivity contribution is 0.0690. The zero-order valence-corrected chi connectivity index (χ0v) is 12.1. The third kappa shape index (κ3) is 2.59. The average Bonchev–Trinajstić information content (AvgIpc) is 2.92. The van der Waals surface area contributed by atoms with Crippen molar-refractivity contribution in [2.75, 3.05) is 13.1 Å². The third-order valence-electron chi connectivity index (χ3n) is 4.90. The summed E-state index contributed by atoms with van der Waals surface area (Å²) in [5, 5.41) is 0. The minimum Gasteiger partial charge on any atom is -0.335 e. The van der Waals surface area contributed by atoms with Crippen molar-refractivity contribution in [1.82, 2.24) is 4.90 Å². The summed E-state index contributed by atoms with van der Waals surface area (Å²) in [7, 11) is 0. The average molecular weight is 272 g/mol. The Morgan fingerprint density at radius 2 is 1.90 bits per heavy atom. The summed E-state index contributed by atoms with van der Waals surface area (Å²) in [6.45, 7) is 1.60. The zero-order valence-electron chi connectivity index (χ0n) is 12.1. The van der Waals surface area contributed by atoms with E-state index in [-0.39, 0.29) is 5.91 Å². The maximum absolute atomic E-state index is 12.7. The van der Waals surface area contributed by atoms with E-state index in [0.29, 0.717) is 12.6 Å². The van der Waals surface area contributed by atoms with Gasteiger partial charge >= 0.3 is 0 Å². The number of nitrogens with two attached hydrogens (primary N) is 1. The summed E-state index contributed by atoms with van der Waals surface area (Å²) < 4.78 is 0. The van der Waals surface area contributed by atoms with Crippen LogP contribution in [0, 0.1) is 5.92 Å². The highest BCUT2D eigenvalue weighted by Gasteiger charge is 2.38. The molecule has 0 radical (unpaired) electrons. The molecule has 1 aromatic rings. The van der Waals surface area contributed by atoms with Crippen molar-refractivity contribution in [2.24, 2.45) is 11.7 Å². The van der Waals surface area contributed by atoms with Crippen LogP contribution < -0.4 is 5.73 Å². The second-order valence-corrected chi connectivity index (χ2v) is 6.13. The molecule has 1 heterocycles. The van der Waals surface area contributed by atoms with Crippen LogP contribution in [-0.2, 0) is 6.42 Å². The van der Waals surface area contributed by atoms with Crippen LogP contribution in [0.2, 0.25) is 0 Å². The summed E-state index contributed by atoms with van der Waals surface area (Å²) in [6, 6.07) is 8.50. The molecular formula is C17H24N2O. The maximum Gasteiger partial charge on any atom is 0.254 e. The van der Waals surface area contributed by atoms with Crippen LogP contribution in [0.5, 0.6) is 0 Å². The minimum atomic E-state index is 0.221. The molecule has 2 aliphatic rings. The van der Waals surface area contributed by atoms with Gasteiger partial charge in [-0.15, -0.1) is 0 Å². The highest BCUT2D eigenvalue weighted by Crippen LogP contribution is 2.36. The van der Waals surface area contributed by atoms with Gasteiger partial charge in [0.05, 0.1) is 0 Å². The van der Waals surface area contributed by atoms with Gasteiger partial charge in [0.2, 0.25) is 0 Å². The first-order valence-corrected chi connectivity index (χ1v) is 7.89. The highest BCUT2D eigenvalue weighted by atomic mass is 16.2. The van der Waals surface area contributed by atoms with Gasteiger partial charge in [0.15, 0.2) is 0 Å². The van der Waals surface area contributed by atoms with E-state index >= 15 is 0 Å². The lowest BCUT2D eigenvalue weighted by atomic mass is 9.85. The number of amides is 1. The highest BCUT2D eigenvalue weighted by molar-refractivity contribution is 5.94. The first-order valence-electron chi connectivity index (χ1n) is 7.89. The van der Waals surface area contributed by atoms with Crippen LogP contribution in [0.15, 0.2) is 24.3 Å². The van der Waals surface area contributed by atoms with Gasteiger partial charge in [0.25, 0.3) is 5.91 Å². The molecule has 0 aromatic heterocycles. The quantitative estimate of drug-likeness (QED) is 0.919. The van der Waals surface area contributed by atoms with E-state index in [9.17, 15) is 4.79 Å². The van der Waals surface area contributed by atoms with Gasteiger partial charge in [0.1, 0.15) is 0 Å². The van der Waals surface area contributed by atoms with Gasteiger partial charge in [-0.3, -0.25) is 4.79 Å². The van der Waals surface area contributed by atoms with Crippen molar-refractivity contribution in [1.29, 1.82) is 0 Å². The molecule has 2 unspecified atom stereocenters. The number of nitrogens with zero attached hydrogens (tertiary/aromatic N) is 1. The Morgan fingerprint density at radius 1 is 1.15 bits per heavy atom. The summed E-state index contributed by atoms with van der Waals surface area (Å²) in [5.41, 5.74) is 7.60. The van der Waals surface area contributed by atoms with Crippen LogP contribution in [0.25, 0.3) is 0 Å². The Balaban J connectivity index is 1.72. The molecule has 108 valence electrons. The predicted molar refractivity (Wildman–Crippen MR) is 80.6 cm³/mol. The van der Waals surface area contributed by atoms with Gasteiger partial charge < -0.3 is 10.6 Å². The third-order valence-corrected chi connectivity index (χ3v) is 4.90. The Bertz CT molecular complexity index is 468. The number of carbonyl (C=O) groups excluding carboxylic acids is 1. The summed E-state index contributed by atoms with van der Waals surface area (Å²) in [4.78, 5) is 14.8. The number of benzene rings is 1. The van der Waals surface area contributed by atoms with Crippen LogP contribution in [0.3, 0.4) is 0 Å². The first-order chi connectivity index (χ1) is 9.79. The molecule has 2 fully saturated rings. The Morgan fingerprint density at radius 3 is 2.65 bits per heavy atom. The van der Waals surface area contributed by atoms with Crippen molar-refractivity contribution in [2.45, 2.75) is 44.6 Å². The molecule has 2 atom stereocenters. The number of carbonyl (C=O) groups is 1. The van der Waals surface area contributed by atoms with Crippen molar-refractivity contribution >= 4 is 5.91 Å². The number of likely N-dealkylation sites (tertiary alicyclic amines) is 1. The van der Waals surface area contributed by atoms with E-state index < -0.39 is 0 Å². The SMILES string of the molecule is NCCc1ccc(C(=O)N2CCC3CCCCC32)cc1. The summed E-state index contributed by atoms with van der Waals surface area (Å²) in [6.07, 6.45) is 7.20. The standard InChI is InChI=1S/C17H24N2O/c18-11-9-13-5-7-15(8-6-13)17(20)19-12-10-14-3-1-2-4-16(14)19/h5-8,14,16H,1-4,9-12,18H2. The van der Waals surface area contributed by atoms with Gasteiger partial charge in [-0.2, -0.15) is 0 Å². The first kappa shape index (κ1) is 13.6. The molecule has 1 saturated heterocycles. The second-order valence-electron chi connectivity index (χ2n) is 6.13. The van der Waals surface area contributed by atoms with Crippen molar-refractivity contribution in [3.63, 3.8) is 0 Å². The molecule has 3 rings (SSSR count). The molecule has 20 heavy (non-hydrogen) atoms. The molecule has 2 N–H and O–H groups in total. The largest absolute Gasteiger partial charge is 0.335 e. The fourth-order valence-electron chi connectivity index (χ4n) is 3.80. The fourth-order valence-corrected chi connectivity index (χ4v) is 3.80. The Hall–Kier alpha value is -1.35. The van der Waals surface area contributed by atoms with Crippen molar-refractivity contribution < 1.29 is 4.79 Å². The van der Waals surface area contributed by atoms with E-state index in [1.165, 1.54) is 37.7 Å². The molecule has 0 spiro atoms. The van der Waals surface area contributed by atoms with E-state index in [1.54, 1.807) is 0 Å². The van der Waals surface area contributed by atoms with Gasteiger partial charge in [-0.25, -0.2) is 0 Å². The van der Waals surface area contributed by atoms with Crippen molar-refractivity contribution in [3.8, 4) is 0 Å². The molecule has 1 saturated carbocycles. The lowest BCUT2D eigenvalue weighted by Crippen LogP contribution is -2.39. The fraction of sp³-hybridized carbons (Fsp3) is 0.588. The summed E-state index contributed by atoms with van der Waals surface area (Å²) >= 11 is 0. The number of fused-ring (bicyclic) bond motifs is 1. The maximum atomic E-state index is 12.7. The van der Waals surface area contributed by atoms with E-state index in [0.717, 1.165) is 24.4 Å². The molecule has 3 nitrogen and oxygen atoms in total. The van der Waals surface area contributed by atoms with Crippen LogP contribution in [0.4, 0.5) is 0 Å². The van der Waals surface area contributed by atoms with Gasteiger partial charge in [-0.05, 0) is 55.8 Å². The molecule has 1 aliphatic carbocycles. The molecule has 1 aromatic carbocycles. The topological polar surface area (TPSA) is 46.3 Å². The Kier molecular flexibility index (Phi) is 4.06. The lowest BCUT2D eigenvalue weighted by Gasteiger charge is -2.31. The van der Waals surface area contributed by atoms with Crippen LogP contribution >= 0.6 is 0 Å². The molecule has 1 amide bonds. The van der Waals surface area contributed by atoms with E-state index in [2.05, 4.69) is 4.90 Å². The van der Waals surface area contributed by atoms with Crippen molar-refractivity contribution in [3.05, 3.63) is 35.4 Å². The molecule has 1 aliphatic heterocycles. The molecular weight excluding hydrogens is 248 g/mol. The molecule has 3 heteroatoms.